The zero-order valence-electron chi connectivity index (χ0n) is 12.2. The van der Waals surface area contributed by atoms with E-state index in [1.165, 1.54) is 38.4 Å². The number of carbonyl (C=O) groups excluding carboxylic acids is 1. The molecule has 1 saturated heterocycles. The molecule has 2 rings (SSSR count). The SMILES string of the molecule is COC(=O)c1cccc(S(=O)(=O)N(C)[C@H]2CCS(=O)(=O)C2)c1. The van der Waals surface area contributed by atoms with E-state index in [2.05, 4.69) is 4.74 Å². The number of sulfonamides is 1. The van der Waals surface area contributed by atoms with Crippen LogP contribution in [0.25, 0.3) is 0 Å². The van der Waals surface area contributed by atoms with Gasteiger partial charge in [-0.05, 0) is 24.6 Å². The summed E-state index contributed by atoms with van der Waals surface area (Å²) in [7, 11) is -4.50. The summed E-state index contributed by atoms with van der Waals surface area (Å²) < 4.78 is 53.8. The predicted octanol–water partition coefficient (Wildman–Crippen LogP) is 0.281. The number of sulfone groups is 1. The smallest absolute Gasteiger partial charge is 0.337 e. The Kier molecular flexibility index (Phi) is 4.59. The highest BCUT2D eigenvalue weighted by atomic mass is 32.2. The summed E-state index contributed by atoms with van der Waals surface area (Å²) in [5.74, 6) is -0.831. The maximum Gasteiger partial charge on any atom is 0.337 e. The van der Waals surface area contributed by atoms with Gasteiger partial charge in [0, 0.05) is 13.1 Å². The normalized spacial score (nSPS) is 21.0. The van der Waals surface area contributed by atoms with Crippen LogP contribution in [0.15, 0.2) is 29.2 Å². The molecule has 1 aromatic carbocycles. The molecule has 0 aromatic heterocycles. The lowest BCUT2D eigenvalue weighted by Crippen LogP contribution is -2.37. The van der Waals surface area contributed by atoms with Crippen LogP contribution in [0.2, 0.25) is 0 Å². The van der Waals surface area contributed by atoms with E-state index < -0.39 is 31.9 Å². The van der Waals surface area contributed by atoms with Crippen LogP contribution >= 0.6 is 0 Å². The number of hydrogen-bond donors (Lipinski definition) is 0. The first-order chi connectivity index (χ1) is 10.2. The van der Waals surface area contributed by atoms with E-state index in [0.29, 0.717) is 0 Å². The van der Waals surface area contributed by atoms with E-state index in [4.69, 9.17) is 0 Å². The number of ether oxygens (including phenoxy) is 1. The lowest BCUT2D eigenvalue weighted by atomic mass is 10.2. The molecule has 1 heterocycles. The van der Waals surface area contributed by atoms with Gasteiger partial charge in [0.15, 0.2) is 9.84 Å². The number of carbonyl (C=O) groups is 1. The van der Waals surface area contributed by atoms with Gasteiger partial charge in [-0.15, -0.1) is 0 Å². The molecule has 0 saturated carbocycles. The van der Waals surface area contributed by atoms with E-state index in [0.717, 1.165) is 4.31 Å². The Morgan fingerprint density at radius 3 is 2.59 bits per heavy atom. The van der Waals surface area contributed by atoms with Gasteiger partial charge in [0.25, 0.3) is 0 Å². The molecule has 7 nitrogen and oxygen atoms in total. The van der Waals surface area contributed by atoms with E-state index in [1.807, 2.05) is 0 Å². The van der Waals surface area contributed by atoms with Crippen LogP contribution in [0.3, 0.4) is 0 Å². The van der Waals surface area contributed by atoms with Gasteiger partial charge in [-0.3, -0.25) is 0 Å². The van der Waals surface area contributed by atoms with Gasteiger partial charge in [-0.25, -0.2) is 21.6 Å². The molecule has 0 N–H and O–H groups in total. The molecule has 1 aliphatic heterocycles. The molecule has 0 aliphatic carbocycles. The highest BCUT2D eigenvalue weighted by Gasteiger charge is 2.36. The maximum absolute atomic E-state index is 12.6. The second kappa shape index (κ2) is 5.98. The van der Waals surface area contributed by atoms with Crippen molar-refractivity contribution in [3.63, 3.8) is 0 Å². The second-order valence-corrected chi connectivity index (χ2v) is 9.32. The Hall–Kier alpha value is -1.45. The predicted molar refractivity (Wildman–Crippen MR) is 79.8 cm³/mol. The average Bonchev–Trinajstić information content (AvgIpc) is 2.85. The highest BCUT2D eigenvalue weighted by molar-refractivity contribution is 7.92. The quantitative estimate of drug-likeness (QED) is 0.726. The third-order valence-electron chi connectivity index (χ3n) is 3.65. The van der Waals surface area contributed by atoms with Gasteiger partial charge in [-0.2, -0.15) is 4.31 Å². The topological polar surface area (TPSA) is 97.8 Å². The zero-order chi connectivity index (χ0) is 16.5. The first-order valence-corrected chi connectivity index (χ1v) is 9.80. The van der Waals surface area contributed by atoms with Crippen LogP contribution in [0.4, 0.5) is 0 Å². The molecule has 22 heavy (non-hydrogen) atoms. The van der Waals surface area contributed by atoms with E-state index in [-0.39, 0.29) is 28.4 Å². The third kappa shape index (κ3) is 3.31. The molecule has 9 heteroatoms. The van der Waals surface area contributed by atoms with Crippen LogP contribution in [-0.4, -0.2) is 58.8 Å². The number of nitrogens with zero attached hydrogens (tertiary/aromatic N) is 1. The summed E-state index contributed by atoms with van der Waals surface area (Å²) in [4.78, 5) is 11.4. The highest BCUT2D eigenvalue weighted by Crippen LogP contribution is 2.24. The molecule has 122 valence electrons. The van der Waals surface area contributed by atoms with Crippen molar-refractivity contribution in [1.29, 1.82) is 0 Å². The second-order valence-electron chi connectivity index (χ2n) is 5.10. The molecule has 1 fully saturated rings. The largest absolute Gasteiger partial charge is 0.465 e. The van der Waals surface area contributed by atoms with Crippen molar-refractivity contribution in [2.45, 2.75) is 17.4 Å². The number of methoxy groups -OCH3 is 1. The molecule has 0 unspecified atom stereocenters. The Morgan fingerprint density at radius 1 is 1.36 bits per heavy atom. The average molecular weight is 347 g/mol. The lowest BCUT2D eigenvalue weighted by molar-refractivity contribution is 0.0600. The van der Waals surface area contributed by atoms with Crippen LogP contribution in [0.1, 0.15) is 16.8 Å². The Bertz CT molecular complexity index is 785. The van der Waals surface area contributed by atoms with Crippen LogP contribution in [0.5, 0.6) is 0 Å². The van der Waals surface area contributed by atoms with Gasteiger partial charge in [0.2, 0.25) is 10.0 Å². The standard InChI is InChI=1S/C13H17NO6S2/c1-14(11-6-7-21(16,17)9-11)22(18,19)12-5-3-4-10(8-12)13(15)20-2/h3-5,8,11H,6-7,9H2,1-2H3/t11-/m0/s1. The van der Waals surface area contributed by atoms with Crippen LogP contribution in [0, 0.1) is 0 Å². The summed E-state index contributed by atoms with van der Waals surface area (Å²) in [6, 6.07) is 4.89. The van der Waals surface area contributed by atoms with Crippen molar-refractivity contribution < 1.29 is 26.4 Å². The third-order valence-corrected chi connectivity index (χ3v) is 7.31. The zero-order valence-corrected chi connectivity index (χ0v) is 13.9. The fourth-order valence-corrected chi connectivity index (χ4v) is 5.63. The molecular formula is C13H17NO6S2. The summed E-state index contributed by atoms with van der Waals surface area (Å²) in [5.41, 5.74) is 0.121. The first-order valence-electron chi connectivity index (χ1n) is 6.54. The molecule has 0 radical (unpaired) electrons. The van der Waals surface area contributed by atoms with E-state index >= 15 is 0 Å². The van der Waals surface area contributed by atoms with Gasteiger partial charge in [0.05, 0.1) is 29.1 Å². The van der Waals surface area contributed by atoms with Crippen molar-refractivity contribution in [3.05, 3.63) is 29.8 Å². The first kappa shape index (κ1) is 16.9. The van der Waals surface area contributed by atoms with Crippen molar-refractivity contribution in [2.24, 2.45) is 0 Å². The number of rotatable bonds is 4. The fraction of sp³-hybridized carbons (Fsp3) is 0.462. The van der Waals surface area contributed by atoms with E-state index in [1.54, 1.807) is 0 Å². The molecular weight excluding hydrogens is 330 g/mol. The van der Waals surface area contributed by atoms with E-state index in [9.17, 15) is 21.6 Å². The minimum Gasteiger partial charge on any atom is -0.465 e. The summed E-state index contributed by atoms with van der Waals surface area (Å²) in [5, 5.41) is 0. The Morgan fingerprint density at radius 2 is 2.05 bits per heavy atom. The van der Waals surface area contributed by atoms with Crippen LogP contribution < -0.4 is 0 Å². The lowest BCUT2D eigenvalue weighted by Gasteiger charge is -2.22. The molecule has 0 spiro atoms. The molecule has 1 atom stereocenters. The van der Waals surface area contributed by atoms with Crippen molar-refractivity contribution >= 4 is 25.8 Å². The number of hydrogen-bond acceptors (Lipinski definition) is 6. The van der Waals surface area contributed by atoms with Gasteiger partial charge in [-0.1, -0.05) is 6.07 Å². The number of esters is 1. The van der Waals surface area contributed by atoms with Gasteiger partial charge in [0.1, 0.15) is 0 Å². The van der Waals surface area contributed by atoms with Crippen molar-refractivity contribution in [1.82, 2.24) is 4.31 Å². The minimum atomic E-state index is -3.88. The fourth-order valence-electron chi connectivity index (χ4n) is 2.33. The number of benzene rings is 1. The van der Waals surface area contributed by atoms with Crippen molar-refractivity contribution in [2.75, 3.05) is 25.7 Å². The minimum absolute atomic E-state index is 0.0142. The molecule has 1 aliphatic rings. The summed E-state index contributed by atoms with van der Waals surface area (Å²) in [6.45, 7) is 0. The summed E-state index contributed by atoms with van der Waals surface area (Å²) >= 11 is 0. The summed E-state index contributed by atoms with van der Waals surface area (Å²) in [6.07, 6.45) is 0.273. The maximum atomic E-state index is 12.6. The monoisotopic (exact) mass is 347 g/mol. The molecule has 1 aromatic rings. The molecule has 0 amide bonds. The van der Waals surface area contributed by atoms with Crippen LogP contribution in [-0.2, 0) is 24.6 Å². The molecule has 0 bridgehead atoms. The van der Waals surface area contributed by atoms with Gasteiger partial charge >= 0.3 is 5.97 Å². The Balaban J connectivity index is 2.32. The van der Waals surface area contributed by atoms with Gasteiger partial charge < -0.3 is 4.74 Å². The van der Waals surface area contributed by atoms with Crippen molar-refractivity contribution in [3.8, 4) is 0 Å². The Labute approximate surface area is 129 Å².